The van der Waals surface area contributed by atoms with Gasteiger partial charge < -0.3 is 14.7 Å². The van der Waals surface area contributed by atoms with Crippen LogP contribution in [-0.2, 0) is 11.3 Å². The number of ether oxygens (including phenoxy) is 1. The summed E-state index contributed by atoms with van der Waals surface area (Å²) >= 11 is 0. The van der Waals surface area contributed by atoms with Crippen LogP contribution >= 0.6 is 0 Å². The summed E-state index contributed by atoms with van der Waals surface area (Å²) in [7, 11) is 0. The first-order valence-corrected chi connectivity index (χ1v) is 11.3. The standard InChI is InChI=1S/C27H27NO3/c29-14-17-5-1-2-6-20(17)21-7-3-9-23-22(21)8-4-10-24(23)27(30)28-12-18-11-19-15-31-16-26(19)25(18)13-28/h1-10,18-19,25-26,29H,11-16H2/t18-,19+,25+,26-/m0/s1. The third kappa shape index (κ3) is 3.00. The third-order valence-corrected chi connectivity index (χ3v) is 7.81. The van der Waals surface area contributed by atoms with Crippen molar-refractivity contribution >= 4 is 16.7 Å². The molecular weight excluding hydrogens is 386 g/mol. The van der Waals surface area contributed by atoms with Crippen molar-refractivity contribution in [3.8, 4) is 11.1 Å². The van der Waals surface area contributed by atoms with Crippen LogP contribution in [0.25, 0.3) is 21.9 Å². The predicted octanol–water partition coefficient (Wildman–Crippen LogP) is 4.35. The quantitative estimate of drug-likeness (QED) is 0.694. The van der Waals surface area contributed by atoms with E-state index in [0.29, 0.717) is 23.7 Å². The second-order valence-electron chi connectivity index (χ2n) is 9.35. The van der Waals surface area contributed by atoms with Crippen LogP contribution in [0.5, 0.6) is 0 Å². The third-order valence-electron chi connectivity index (χ3n) is 7.81. The molecule has 4 atom stereocenters. The second-order valence-corrected chi connectivity index (χ2v) is 9.35. The first kappa shape index (κ1) is 19.0. The van der Waals surface area contributed by atoms with E-state index in [2.05, 4.69) is 17.0 Å². The fraction of sp³-hybridized carbons (Fsp3) is 0.370. The lowest BCUT2D eigenvalue weighted by Crippen LogP contribution is -2.31. The number of carbonyl (C=O) groups is 1. The normalized spacial score (nSPS) is 26.9. The van der Waals surface area contributed by atoms with Gasteiger partial charge in [0.2, 0.25) is 0 Å². The average Bonchev–Trinajstić information content (AvgIpc) is 3.50. The number of rotatable bonds is 3. The van der Waals surface area contributed by atoms with Gasteiger partial charge in [-0.15, -0.1) is 0 Å². The lowest BCUT2D eigenvalue weighted by molar-refractivity contribution is 0.0776. The van der Waals surface area contributed by atoms with Crippen molar-refractivity contribution in [2.45, 2.75) is 13.0 Å². The SMILES string of the molecule is O=C(c1cccc2c(-c3ccccc3CO)cccc12)N1C[C@@H]2C[C@@H]3COC[C@@H]3[C@@H]2C1. The highest BCUT2D eigenvalue weighted by Crippen LogP contribution is 2.49. The van der Waals surface area contributed by atoms with Gasteiger partial charge in [0.05, 0.1) is 13.2 Å². The fourth-order valence-corrected chi connectivity index (χ4v) is 6.34. The number of hydrogen-bond donors (Lipinski definition) is 1. The largest absolute Gasteiger partial charge is 0.392 e. The maximum absolute atomic E-state index is 13.6. The van der Waals surface area contributed by atoms with E-state index in [9.17, 15) is 9.90 Å². The minimum absolute atomic E-state index is 0.00634. The van der Waals surface area contributed by atoms with Gasteiger partial charge in [-0.25, -0.2) is 0 Å². The molecule has 0 radical (unpaired) electrons. The molecule has 6 rings (SSSR count). The Balaban J connectivity index is 1.36. The second kappa shape index (κ2) is 7.47. The van der Waals surface area contributed by atoms with E-state index in [0.717, 1.165) is 59.3 Å². The minimum Gasteiger partial charge on any atom is -0.392 e. The summed E-state index contributed by atoms with van der Waals surface area (Å²) < 4.78 is 5.71. The number of benzene rings is 3. The van der Waals surface area contributed by atoms with Gasteiger partial charge in [-0.3, -0.25) is 4.79 Å². The van der Waals surface area contributed by atoms with E-state index in [1.165, 1.54) is 6.42 Å². The molecule has 0 bridgehead atoms. The molecule has 31 heavy (non-hydrogen) atoms. The highest BCUT2D eigenvalue weighted by Gasteiger charge is 2.51. The van der Waals surface area contributed by atoms with E-state index in [4.69, 9.17) is 4.74 Å². The summed E-state index contributed by atoms with van der Waals surface area (Å²) in [5.74, 6) is 2.71. The molecule has 1 amide bonds. The molecule has 1 saturated carbocycles. The summed E-state index contributed by atoms with van der Waals surface area (Å²) in [6, 6.07) is 20.1. The lowest BCUT2D eigenvalue weighted by atomic mass is 9.91. The molecule has 2 saturated heterocycles. The van der Waals surface area contributed by atoms with Crippen LogP contribution in [-0.4, -0.2) is 42.2 Å². The monoisotopic (exact) mass is 413 g/mol. The lowest BCUT2D eigenvalue weighted by Gasteiger charge is -2.21. The number of amides is 1. The molecule has 158 valence electrons. The molecule has 1 N–H and O–H groups in total. The number of likely N-dealkylation sites (tertiary alicyclic amines) is 1. The molecule has 4 nitrogen and oxygen atoms in total. The highest BCUT2D eigenvalue weighted by atomic mass is 16.5. The average molecular weight is 414 g/mol. The van der Waals surface area contributed by atoms with Gasteiger partial charge in [0.25, 0.3) is 5.91 Å². The molecule has 3 fully saturated rings. The number of aliphatic hydroxyl groups is 1. The van der Waals surface area contributed by atoms with Crippen molar-refractivity contribution in [2.24, 2.45) is 23.7 Å². The Morgan fingerprint density at radius 1 is 0.871 bits per heavy atom. The van der Waals surface area contributed by atoms with Crippen molar-refractivity contribution in [1.82, 2.24) is 4.90 Å². The van der Waals surface area contributed by atoms with Gasteiger partial charge >= 0.3 is 0 Å². The van der Waals surface area contributed by atoms with Gasteiger partial charge in [-0.2, -0.15) is 0 Å². The van der Waals surface area contributed by atoms with Crippen molar-refractivity contribution in [3.63, 3.8) is 0 Å². The number of nitrogens with zero attached hydrogens (tertiary/aromatic N) is 1. The van der Waals surface area contributed by atoms with Crippen LogP contribution in [0.3, 0.4) is 0 Å². The summed E-state index contributed by atoms with van der Waals surface area (Å²) in [5.41, 5.74) is 3.75. The van der Waals surface area contributed by atoms with Gasteiger partial charge in [0.1, 0.15) is 0 Å². The van der Waals surface area contributed by atoms with Gasteiger partial charge in [0, 0.05) is 25.3 Å². The van der Waals surface area contributed by atoms with Crippen LogP contribution in [0, 0.1) is 23.7 Å². The molecule has 2 aliphatic heterocycles. The van der Waals surface area contributed by atoms with E-state index >= 15 is 0 Å². The smallest absolute Gasteiger partial charge is 0.254 e. The Morgan fingerprint density at radius 3 is 2.58 bits per heavy atom. The Hall–Kier alpha value is -2.69. The van der Waals surface area contributed by atoms with Crippen molar-refractivity contribution in [3.05, 3.63) is 71.8 Å². The molecule has 3 aromatic rings. The first-order valence-electron chi connectivity index (χ1n) is 11.3. The Morgan fingerprint density at radius 2 is 1.68 bits per heavy atom. The van der Waals surface area contributed by atoms with Crippen molar-refractivity contribution in [2.75, 3.05) is 26.3 Å². The summed E-state index contributed by atoms with van der Waals surface area (Å²) in [5, 5.41) is 11.8. The summed E-state index contributed by atoms with van der Waals surface area (Å²) in [4.78, 5) is 15.7. The molecular formula is C27H27NO3. The minimum atomic E-state index is -0.00634. The zero-order chi connectivity index (χ0) is 20.9. The summed E-state index contributed by atoms with van der Waals surface area (Å²) in [6.07, 6.45) is 1.21. The fourth-order valence-electron chi connectivity index (χ4n) is 6.34. The Kier molecular flexibility index (Phi) is 4.58. The number of hydrogen-bond acceptors (Lipinski definition) is 3. The predicted molar refractivity (Wildman–Crippen MR) is 121 cm³/mol. The van der Waals surface area contributed by atoms with Crippen LogP contribution in [0.2, 0.25) is 0 Å². The molecule has 0 unspecified atom stereocenters. The number of carbonyl (C=O) groups excluding carboxylic acids is 1. The van der Waals surface area contributed by atoms with E-state index < -0.39 is 0 Å². The van der Waals surface area contributed by atoms with Gasteiger partial charge in [-0.1, -0.05) is 54.6 Å². The maximum atomic E-state index is 13.6. The Labute approximate surface area is 182 Å². The molecule has 0 aromatic heterocycles. The van der Waals surface area contributed by atoms with E-state index in [1.54, 1.807) is 0 Å². The van der Waals surface area contributed by atoms with Crippen molar-refractivity contribution < 1.29 is 14.6 Å². The Bertz CT molecular complexity index is 1160. The maximum Gasteiger partial charge on any atom is 0.254 e. The molecule has 3 aliphatic rings. The van der Waals surface area contributed by atoms with Crippen molar-refractivity contribution in [1.29, 1.82) is 0 Å². The number of aliphatic hydroxyl groups excluding tert-OH is 1. The summed E-state index contributed by atoms with van der Waals surface area (Å²) in [6.45, 7) is 3.51. The highest BCUT2D eigenvalue weighted by molar-refractivity contribution is 6.10. The van der Waals surface area contributed by atoms with Crippen LogP contribution in [0.4, 0.5) is 0 Å². The topological polar surface area (TPSA) is 49.8 Å². The zero-order valence-electron chi connectivity index (χ0n) is 17.5. The molecule has 1 aliphatic carbocycles. The molecule has 2 heterocycles. The van der Waals surface area contributed by atoms with Gasteiger partial charge in [-0.05, 0) is 63.6 Å². The van der Waals surface area contributed by atoms with E-state index in [1.807, 2.05) is 48.5 Å². The molecule has 4 heteroatoms. The van der Waals surface area contributed by atoms with Crippen LogP contribution in [0.1, 0.15) is 22.3 Å². The zero-order valence-corrected chi connectivity index (χ0v) is 17.5. The van der Waals surface area contributed by atoms with Crippen LogP contribution < -0.4 is 0 Å². The van der Waals surface area contributed by atoms with E-state index in [-0.39, 0.29) is 12.5 Å². The first-order chi connectivity index (χ1) is 15.2. The number of fused-ring (bicyclic) bond motifs is 4. The van der Waals surface area contributed by atoms with Gasteiger partial charge in [0.15, 0.2) is 0 Å². The molecule has 3 aromatic carbocycles. The van der Waals surface area contributed by atoms with Crippen LogP contribution in [0.15, 0.2) is 60.7 Å². The molecule has 0 spiro atoms.